The van der Waals surface area contributed by atoms with Gasteiger partial charge in [0.25, 0.3) is 0 Å². The number of benzene rings is 2. The molecule has 0 aliphatic heterocycles. The Morgan fingerprint density at radius 2 is 1.92 bits per heavy atom. The summed E-state index contributed by atoms with van der Waals surface area (Å²) in [4.78, 5) is 4.26. The molecule has 0 fully saturated rings. The molecule has 7 heteroatoms. The Balaban J connectivity index is 0.00000288. The highest BCUT2D eigenvalue weighted by molar-refractivity contribution is 14.0. The largest absolute Gasteiger partial charge is 0.497 e. The van der Waals surface area contributed by atoms with Gasteiger partial charge < -0.3 is 20.5 Å². The number of anilines is 1. The first-order valence-electron chi connectivity index (χ1n) is 7.07. The summed E-state index contributed by atoms with van der Waals surface area (Å²) in [6.45, 7) is 2.07. The second kappa shape index (κ2) is 9.31. The van der Waals surface area contributed by atoms with E-state index in [4.69, 9.17) is 15.2 Å². The van der Waals surface area contributed by atoms with Crippen LogP contribution in [0.1, 0.15) is 11.1 Å². The molecule has 2 aromatic carbocycles. The lowest BCUT2D eigenvalue weighted by molar-refractivity contribution is 0.405. The topological polar surface area (TPSA) is 68.9 Å². The highest BCUT2D eigenvalue weighted by Crippen LogP contribution is 2.28. The van der Waals surface area contributed by atoms with Crippen molar-refractivity contribution in [2.45, 2.75) is 13.5 Å². The SMILES string of the molecule is COc1ccc(OC)c(NC(N)=NCc2ccc(F)c(C)c2)c1.I. The number of ether oxygens (including phenoxy) is 2. The zero-order chi connectivity index (χ0) is 16.8. The van der Waals surface area contributed by atoms with Crippen LogP contribution < -0.4 is 20.5 Å². The van der Waals surface area contributed by atoms with Crippen molar-refractivity contribution in [2.75, 3.05) is 19.5 Å². The molecule has 0 saturated heterocycles. The molecule has 0 radical (unpaired) electrons. The van der Waals surface area contributed by atoms with Crippen LogP contribution in [0.5, 0.6) is 11.5 Å². The number of rotatable bonds is 5. The van der Waals surface area contributed by atoms with E-state index in [9.17, 15) is 4.39 Å². The highest BCUT2D eigenvalue weighted by atomic mass is 127. The lowest BCUT2D eigenvalue weighted by atomic mass is 10.1. The Labute approximate surface area is 158 Å². The minimum absolute atomic E-state index is 0. The van der Waals surface area contributed by atoms with E-state index in [0.29, 0.717) is 29.3 Å². The molecule has 2 rings (SSSR count). The molecule has 0 aliphatic carbocycles. The summed E-state index contributed by atoms with van der Waals surface area (Å²) in [5, 5.41) is 2.98. The standard InChI is InChI=1S/C17H20FN3O2.HI/c1-11-8-12(4-6-14(11)18)10-20-17(19)21-15-9-13(22-2)5-7-16(15)23-3;/h4-9H,10H2,1-3H3,(H3,19,20,21);1H. The van der Waals surface area contributed by atoms with Crippen LogP contribution in [0.25, 0.3) is 0 Å². The van der Waals surface area contributed by atoms with Crippen molar-refractivity contribution in [3.63, 3.8) is 0 Å². The maximum absolute atomic E-state index is 13.2. The maximum atomic E-state index is 13.2. The monoisotopic (exact) mass is 445 g/mol. The molecular formula is C17H21FIN3O2. The van der Waals surface area contributed by atoms with Gasteiger partial charge in [0, 0.05) is 6.07 Å². The third kappa shape index (κ3) is 5.26. The molecule has 3 N–H and O–H groups in total. The molecule has 0 heterocycles. The van der Waals surface area contributed by atoms with Crippen LogP contribution in [-0.4, -0.2) is 20.2 Å². The minimum Gasteiger partial charge on any atom is -0.497 e. The van der Waals surface area contributed by atoms with Gasteiger partial charge in [-0.3, -0.25) is 0 Å². The highest BCUT2D eigenvalue weighted by Gasteiger charge is 2.06. The van der Waals surface area contributed by atoms with Crippen molar-refractivity contribution in [1.29, 1.82) is 0 Å². The number of halogens is 2. The summed E-state index contributed by atoms with van der Waals surface area (Å²) in [5.74, 6) is 1.31. The van der Waals surface area contributed by atoms with Crippen molar-refractivity contribution < 1.29 is 13.9 Å². The fourth-order valence-corrected chi connectivity index (χ4v) is 2.07. The predicted molar refractivity (Wildman–Crippen MR) is 105 cm³/mol. The van der Waals surface area contributed by atoms with Crippen molar-refractivity contribution in [3.05, 3.63) is 53.3 Å². The van der Waals surface area contributed by atoms with E-state index >= 15 is 0 Å². The number of hydrogen-bond donors (Lipinski definition) is 2. The molecule has 0 saturated carbocycles. The zero-order valence-electron chi connectivity index (χ0n) is 13.8. The van der Waals surface area contributed by atoms with E-state index < -0.39 is 0 Å². The van der Waals surface area contributed by atoms with E-state index in [-0.39, 0.29) is 35.8 Å². The van der Waals surface area contributed by atoms with Crippen LogP contribution in [0.2, 0.25) is 0 Å². The van der Waals surface area contributed by atoms with Gasteiger partial charge in [-0.15, -0.1) is 24.0 Å². The first-order valence-corrected chi connectivity index (χ1v) is 7.07. The second-order valence-corrected chi connectivity index (χ2v) is 4.98. The average Bonchev–Trinajstić information content (AvgIpc) is 2.55. The van der Waals surface area contributed by atoms with Gasteiger partial charge in [-0.05, 0) is 36.2 Å². The lowest BCUT2D eigenvalue weighted by Crippen LogP contribution is -2.23. The Morgan fingerprint density at radius 1 is 1.17 bits per heavy atom. The van der Waals surface area contributed by atoms with E-state index in [1.165, 1.54) is 6.07 Å². The summed E-state index contributed by atoms with van der Waals surface area (Å²) in [5.41, 5.74) is 8.02. The van der Waals surface area contributed by atoms with Crippen molar-refractivity contribution >= 4 is 35.6 Å². The van der Waals surface area contributed by atoms with Crippen LogP contribution in [-0.2, 0) is 6.54 Å². The molecule has 2 aromatic rings. The number of nitrogens with two attached hydrogens (primary N) is 1. The van der Waals surface area contributed by atoms with Crippen LogP contribution >= 0.6 is 24.0 Å². The normalized spacial score (nSPS) is 10.8. The number of aryl methyl sites for hydroxylation is 1. The molecule has 0 aliphatic rings. The molecule has 24 heavy (non-hydrogen) atoms. The quantitative estimate of drug-likeness (QED) is 0.419. The Kier molecular flexibility index (Phi) is 7.76. The van der Waals surface area contributed by atoms with Crippen LogP contribution in [0.3, 0.4) is 0 Å². The molecule has 130 valence electrons. The first-order chi connectivity index (χ1) is 11.0. The van der Waals surface area contributed by atoms with Crippen molar-refractivity contribution in [3.8, 4) is 11.5 Å². The smallest absolute Gasteiger partial charge is 0.193 e. The van der Waals surface area contributed by atoms with Gasteiger partial charge in [0.1, 0.15) is 17.3 Å². The van der Waals surface area contributed by atoms with Gasteiger partial charge in [0.05, 0.1) is 26.5 Å². The molecule has 0 unspecified atom stereocenters. The molecular weight excluding hydrogens is 424 g/mol. The van der Waals surface area contributed by atoms with Gasteiger partial charge in [0.2, 0.25) is 0 Å². The van der Waals surface area contributed by atoms with Crippen molar-refractivity contribution in [1.82, 2.24) is 0 Å². The number of methoxy groups -OCH3 is 2. The van der Waals surface area contributed by atoms with Crippen LogP contribution in [0.4, 0.5) is 10.1 Å². The van der Waals surface area contributed by atoms with Crippen molar-refractivity contribution in [2.24, 2.45) is 10.7 Å². The lowest BCUT2D eigenvalue weighted by Gasteiger charge is -2.12. The first kappa shape index (κ1) is 20.0. The van der Waals surface area contributed by atoms with Crippen LogP contribution in [0, 0.1) is 12.7 Å². The van der Waals surface area contributed by atoms with E-state index in [1.807, 2.05) is 0 Å². The molecule has 0 atom stereocenters. The van der Waals surface area contributed by atoms with Gasteiger partial charge in [0.15, 0.2) is 5.96 Å². The van der Waals surface area contributed by atoms with E-state index in [0.717, 1.165) is 5.56 Å². The predicted octanol–water partition coefficient (Wildman–Crippen LogP) is 3.70. The Morgan fingerprint density at radius 3 is 2.54 bits per heavy atom. The Hall–Kier alpha value is -2.03. The molecule has 0 bridgehead atoms. The molecule has 0 aromatic heterocycles. The minimum atomic E-state index is -0.232. The van der Waals surface area contributed by atoms with E-state index in [2.05, 4.69) is 10.3 Å². The summed E-state index contributed by atoms with van der Waals surface area (Å²) in [6.07, 6.45) is 0. The second-order valence-electron chi connectivity index (χ2n) is 4.98. The summed E-state index contributed by atoms with van der Waals surface area (Å²) < 4.78 is 23.7. The fraction of sp³-hybridized carbons (Fsp3) is 0.235. The van der Waals surface area contributed by atoms with Gasteiger partial charge >= 0.3 is 0 Å². The number of aliphatic imine (C=N–C) groups is 1. The number of hydrogen-bond acceptors (Lipinski definition) is 3. The summed E-state index contributed by atoms with van der Waals surface area (Å²) >= 11 is 0. The molecule has 5 nitrogen and oxygen atoms in total. The number of nitrogens with one attached hydrogen (secondary N) is 1. The Bertz CT molecular complexity index is 723. The third-order valence-electron chi connectivity index (χ3n) is 3.32. The average molecular weight is 445 g/mol. The van der Waals surface area contributed by atoms with E-state index in [1.54, 1.807) is 51.5 Å². The summed E-state index contributed by atoms with van der Waals surface area (Å²) in [6, 6.07) is 10.2. The third-order valence-corrected chi connectivity index (χ3v) is 3.32. The summed E-state index contributed by atoms with van der Waals surface area (Å²) in [7, 11) is 3.15. The number of nitrogens with zero attached hydrogens (tertiary/aromatic N) is 1. The maximum Gasteiger partial charge on any atom is 0.193 e. The molecule has 0 amide bonds. The fourth-order valence-electron chi connectivity index (χ4n) is 2.07. The van der Waals surface area contributed by atoms with Gasteiger partial charge in [-0.25, -0.2) is 9.38 Å². The molecule has 0 spiro atoms. The van der Waals surface area contributed by atoms with Gasteiger partial charge in [-0.2, -0.15) is 0 Å². The zero-order valence-corrected chi connectivity index (χ0v) is 16.1. The number of guanidine groups is 1. The van der Waals surface area contributed by atoms with Gasteiger partial charge in [-0.1, -0.05) is 12.1 Å². The van der Waals surface area contributed by atoms with Crippen LogP contribution in [0.15, 0.2) is 41.4 Å².